The quantitative estimate of drug-likeness (QED) is 0.904. The predicted octanol–water partition coefficient (Wildman–Crippen LogP) is 3.80. The minimum Gasteiger partial charge on any atom is -0.330 e. The molecule has 0 aromatic heterocycles. The molecule has 0 unspecified atom stereocenters. The van der Waals surface area contributed by atoms with Crippen molar-refractivity contribution in [1.82, 2.24) is 4.90 Å². The summed E-state index contributed by atoms with van der Waals surface area (Å²) in [5.74, 6) is 1.13. The van der Waals surface area contributed by atoms with E-state index >= 15 is 0 Å². The number of hydrogen-bond donors (Lipinski definition) is 1. The van der Waals surface area contributed by atoms with Gasteiger partial charge in [0.05, 0.1) is 0 Å². The van der Waals surface area contributed by atoms with Gasteiger partial charge in [-0.1, -0.05) is 72.8 Å². The van der Waals surface area contributed by atoms with E-state index in [1.165, 1.54) is 11.1 Å². The van der Waals surface area contributed by atoms with Gasteiger partial charge in [0.1, 0.15) is 0 Å². The van der Waals surface area contributed by atoms with E-state index in [0.717, 1.165) is 26.2 Å². The molecule has 2 N–H and O–H groups in total. The van der Waals surface area contributed by atoms with Crippen LogP contribution in [0.15, 0.2) is 66.7 Å². The summed E-state index contributed by atoms with van der Waals surface area (Å²) in [6, 6.07) is 21.3. The zero-order valence-electron chi connectivity index (χ0n) is 13.3. The van der Waals surface area contributed by atoms with Gasteiger partial charge in [-0.05, 0) is 23.6 Å². The van der Waals surface area contributed by atoms with Crippen LogP contribution in [0.4, 0.5) is 0 Å². The molecule has 2 aromatic carbocycles. The average molecular weight is 329 g/mol. The van der Waals surface area contributed by atoms with Crippen molar-refractivity contribution in [1.29, 1.82) is 0 Å². The lowest BCUT2D eigenvalue weighted by Gasteiger charge is -2.16. The van der Waals surface area contributed by atoms with E-state index in [0.29, 0.717) is 11.8 Å². The molecular formula is C20H25ClN2. The van der Waals surface area contributed by atoms with Crippen LogP contribution in [0.5, 0.6) is 0 Å². The first-order valence-corrected chi connectivity index (χ1v) is 8.06. The van der Waals surface area contributed by atoms with Crippen LogP contribution in [0, 0.1) is 5.92 Å². The molecule has 1 aliphatic rings. The largest absolute Gasteiger partial charge is 0.330 e. The molecule has 2 atom stereocenters. The van der Waals surface area contributed by atoms with Crippen LogP contribution in [0.2, 0.25) is 0 Å². The van der Waals surface area contributed by atoms with Crippen molar-refractivity contribution >= 4 is 18.5 Å². The van der Waals surface area contributed by atoms with Crippen LogP contribution >= 0.6 is 12.4 Å². The Morgan fingerprint density at radius 1 is 0.957 bits per heavy atom. The second-order valence-electron chi connectivity index (χ2n) is 6.04. The van der Waals surface area contributed by atoms with Crippen molar-refractivity contribution < 1.29 is 0 Å². The molecule has 23 heavy (non-hydrogen) atoms. The Balaban J connectivity index is 0.00000192. The lowest BCUT2D eigenvalue weighted by Crippen LogP contribution is -2.23. The van der Waals surface area contributed by atoms with Crippen LogP contribution < -0.4 is 5.73 Å². The Morgan fingerprint density at radius 3 is 2.26 bits per heavy atom. The summed E-state index contributed by atoms with van der Waals surface area (Å²) in [5, 5.41) is 0. The van der Waals surface area contributed by atoms with Gasteiger partial charge in [0.15, 0.2) is 0 Å². The van der Waals surface area contributed by atoms with Crippen molar-refractivity contribution in [2.45, 2.75) is 5.92 Å². The third-order valence-electron chi connectivity index (χ3n) is 4.52. The molecule has 0 spiro atoms. The normalized spacial score (nSPS) is 21.4. The van der Waals surface area contributed by atoms with E-state index in [9.17, 15) is 0 Å². The molecule has 2 nitrogen and oxygen atoms in total. The van der Waals surface area contributed by atoms with Gasteiger partial charge in [-0.15, -0.1) is 12.4 Å². The van der Waals surface area contributed by atoms with Crippen LogP contribution in [0.1, 0.15) is 17.0 Å². The molecule has 0 bridgehead atoms. The first kappa shape index (κ1) is 17.7. The zero-order chi connectivity index (χ0) is 15.2. The first-order chi connectivity index (χ1) is 10.9. The SMILES string of the molecule is Cl.NC[C@@H]1CN(C/C=C/c2ccccc2)C[C@H]1c1ccccc1. The van der Waals surface area contributed by atoms with Gasteiger partial charge in [0.2, 0.25) is 0 Å². The fourth-order valence-electron chi connectivity index (χ4n) is 3.33. The molecular weight excluding hydrogens is 304 g/mol. The Hall–Kier alpha value is -1.61. The van der Waals surface area contributed by atoms with Gasteiger partial charge in [-0.25, -0.2) is 0 Å². The predicted molar refractivity (Wildman–Crippen MR) is 101 cm³/mol. The number of halogens is 1. The molecule has 3 rings (SSSR count). The number of nitrogens with two attached hydrogens (primary N) is 1. The van der Waals surface area contributed by atoms with Gasteiger partial charge in [-0.2, -0.15) is 0 Å². The van der Waals surface area contributed by atoms with E-state index < -0.39 is 0 Å². The summed E-state index contributed by atoms with van der Waals surface area (Å²) in [7, 11) is 0. The number of hydrogen-bond acceptors (Lipinski definition) is 2. The average Bonchev–Trinajstić information content (AvgIpc) is 3.00. The molecule has 1 heterocycles. The highest BCUT2D eigenvalue weighted by atomic mass is 35.5. The summed E-state index contributed by atoms with van der Waals surface area (Å²) in [6.45, 7) is 3.95. The second-order valence-corrected chi connectivity index (χ2v) is 6.04. The summed E-state index contributed by atoms with van der Waals surface area (Å²) >= 11 is 0. The minimum absolute atomic E-state index is 0. The molecule has 0 radical (unpaired) electrons. The lowest BCUT2D eigenvalue weighted by atomic mass is 9.89. The van der Waals surface area contributed by atoms with Crippen LogP contribution in [0.25, 0.3) is 6.08 Å². The van der Waals surface area contributed by atoms with Crippen LogP contribution in [-0.2, 0) is 0 Å². The third kappa shape index (κ3) is 4.68. The summed E-state index contributed by atoms with van der Waals surface area (Å²) < 4.78 is 0. The van der Waals surface area contributed by atoms with E-state index in [4.69, 9.17) is 5.73 Å². The van der Waals surface area contributed by atoms with E-state index in [1.54, 1.807) is 0 Å². The van der Waals surface area contributed by atoms with Gasteiger partial charge >= 0.3 is 0 Å². The number of nitrogens with zero attached hydrogens (tertiary/aromatic N) is 1. The Kier molecular flexibility index (Phi) is 6.85. The van der Waals surface area contributed by atoms with Crippen molar-refractivity contribution in [3.8, 4) is 0 Å². The fourth-order valence-corrected chi connectivity index (χ4v) is 3.33. The maximum Gasteiger partial charge on any atom is 0.0166 e. The molecule has 1 aliphatic heterocycles. The van der Waals surface area contributed by atoms with Crippen molar-refractivity contribution in [3.05, 3.63) is 77.9 Å². The third-order valence-corrected chi connectivity index (χ3v) is 4.52. The molecule has 1 fully saturated rings. The summed E-state index contributed by atoms with van der Waals surface area (Å²) in [4.78, 5) is 2.51. The fraction of sp³-hybridized carbons (Fsp3) is 0.300. The molecule has 1 saturated heterocycles. The summed E-state index contributed by atoms with van der Waals surface area (Å²) in [6.07, 6.45) is 4.46. The topological polar surface area (TPSA) is 29.3 Å². The summed E-state index contributed by atoms with van der Waals surface area (Å²) in [5.41, 5.74) is 8.68. The molecule has 0 aliphatic carbocycles. The second kappa shape index (κ2) is 8.88. The highest BCUT2D eigenvalue weighted by Gasteiger charge is 2.31. The first-order valence-electron chi connectivity index (χ1n) is 8.06. The standard InChI is InChI=1S/C20H24N2.ClH/c21-14-19-15-22(13-7-10-17-8-3-1-4-9-17)16-20(19)18-11-5-2-6-12-18;/h1-12,19-20H,13-16,21H2;1H/b10-7+;/t19-,20+;/m1./s1. The number of benzene rings is 2. The molecule has 122 valence electrons. The van der Waals surface area contributed by atoms with E-state index in [2.05, 4.69) is 71.6 Å². The molecule has 3 heteroatoms. The molecule has 0 amide bonds. The minimum atomic E-state index is 0. The monoisotopic (exact) mass is 328 g/mol. The maximum absolute atomic E-state index is 6.00. The van der Waals surface area contributed by atoms with Crippen LogP contribution in [-0.4, -0.2) is 31.1 Å². The molecule has 2 aromatic rings. The highest BCUT2D eigenvalue weighted by molar-refractivity contribution is 5.85. The zero-order valence-corrected chi connectivity index (χ0v) is 14.2. The van der Waals surface area contributed by atoms with Crippen molar-refractivity contribution in [2.75, 3.05) is 26.2 Å². The van der Waals surface area contributed by atoms with E-state index in [1.807, 2.05) is 6.07 Å². The van der Waals surface area contributed by atoms with Gasteiger partial charge in [0, 0.05) is 25.6 Å². The maximum atomic E-state index is 6.00. The Morgan fingerprint density at radius 2 is 1.61 bits per heavy atom. The van der Waals surface area contributed by atoms with Gasteiger partial charge in [0.25, 0.3) is 0 Å². The van der Waals surface area contributed by atoms with Crippen molar-refractivity contribution in [3.63, 3.8) is 0 Å². The lowest BCUT2D eigenvalue weighted by molar-refractivity contribution is 0.360. The Labute approximate surface area is 145 Å². The van der Waals surface area contributed by atoms with Crippen molar-refractivity contribution in [2.24, 2.45) is 11.7 Å². The Bertz CT molecular complexity index is 598. The van der Waals surface area contributed by atoms with Gasteiger partial charge < -0.3 is 5.73 Å². The van der Waals surface area contributed by atoms with Gasteiger partial charge in [-0.3, -0.25) is 4.90 Å². The van der Waals surface area contributed by atoms with Crippen LogP contribution in [0.3, 0.4) is 0 Å². The number of likely N-dealkylation sites (tertiary alicyclic amines) is 1. The molecule has 0 saturated carbocycles. The smallest absolute Gasteiger partial charge is 0.0166 e. The van der Waals surface area contributed by atoms with E-state index in [-0.39, 0.29) is 12.4 Å². The number of rotatable bonds is 5. The highest BCUT2D eigenvalue weighted by Crippen LogP contribution is 2.31.